The van der Waals surface area contributed by atoms with Gasteiger partial charge in [0.2, 0.25) is 0 Å². The molecule has 0 spiro atoms. The molecule has 20 heavy (non-hydrogen) atoms. The van der Waals surface area contributed by atoms with E-state index in [1.165, 1.54) is 12.8 Å². The van der Waals surface area contributed by atoms with E-state index in [0.717, 1.165) is 34.9 Å². The fraction of sp³-hybridized carbons (Fsp3) is 1.00. The third-order valence-corrected chi connectivity index (χ3v) is 4.04. The Bertz CT molecular complexity index is 229. The van der Waals surface area contributed by atoms with E-state index >= 15 is 0 Å². The lowest BCUT2D eigenvalue weighted by Gasteiger charge is -2.36. The summed E-state index contributed by atoms with van der Waals surface area (Å²) in [5, 5.41) is 20.5. The zero-order valence-electron chi connectivity index (χ0n) is 14.6. The number of hydrogen-bond donors (Lipinski definition) is 2. The lowest BCUT2D eigenvalue weighted by molar-refractivity contribution is -0.902. The SMILES string of the molecule is CCCC[N+](C)(C)CC(O)C(O)C[N+](C)(C)CCCC. The number of unbranched alkanes of at least 4 members (excludes halogenated alkanes) is 2. The summed E-state index contributed by atoms with van der Waals surface area (Å²) < 4.78 is 1.54. The molecule has 0 saturated heterocycles. The minimum absolute atomic E-state index is 0.620. The lowest BCUT2D eigenvalue weighted by Crippen LogP contribution is -2.54. The molecule has 0 aromatic rings. The molecule has 2 N–H and O–H groups in total. The molecule has 2 unspecified atom stereocenters. The second-order valence-corrected chi connectivity index (χ2v) is 7.53. The van der Waals surface area contributed by atoms with Gasteiger partial charge in [-0.25, -0.2) is 0 Å². The van der Waals surface area contributed by atoms with Crippen LogP contribution >= 0.6 is 0 Å². The minimum atomic E-state index is -0.638. The Hall–Kier alpha value is -0.160. The van der Waals surface area contributed by atoms with Gasteiger partial charge >= 0.3 is 0 Å². The smallest absolute Gasteiger partial charge is 0.134 e. The van der Waals surface area contributed by atoms with Gasteiger partial charge in [-0.15, -0.1) is 0 Å². The molecule has 0 aromatic heterocycles. The highest BCUT2D eigenvalue weighted by atomic mass is 16.3. The second kappa shape index (κ2) is 8.98. The van der Waals surface area contributed by atoms with E-state index in [1.54, 1.807) is 0 Å². The van der Waals surface area contributed by atoms with Crippen molar-refractivity contribution >= 4 is 0 Å². The van der Waals surface area contributed by atoms with Gasteiger partial charge in [-0.2, -0.15) is 0 Å². The van der Waals surface area contributed by atoms with Gasteiger partial charge in [0.25, 0.3) is 0 Å². The first-order chi connectivity index (χ1) is 9.13. The number of hydrogen-bond acceptors (Lipinski definition) is 2. The van der Waals surface area contributed by atoms with Gasteiger partial charge < -0.3 is 19.2 Å². The van der Waals surface area contributed by atoms with Crippen molar-refractivity contribution in [1.82, 2.24) is 0 Å². The Labute approximate surface area is 126 Å². The molecular formula is C16H38N2O2+2. The van der Waals surface area contributed by atoms with Crippen LogP contribution in [0.25, 0.3) is 0 Å². The van der Waals surface area contributed by atoms with Crippen molar-refractivity contribution < 1.29 is 19.2 Å². The molecule has 0 aromatic carbocycles. The number of likely N-dealkylation sites (N-methyl/N-ethyl adjacent to an activating group) is 2. The van der Waals surface area contributed by atoms with Gasteiger partial charge in [0.05, 0.1) is 41.3 Å². The van der Waals surface area contributed by atoms with Crippen molar-refractivity contribution in [2.75, 3.05) is 54.4 Å². The van der Waals surface area contributed by atoms with Crippen molar-refractivity contribution in [1.29, 1.82) is 0 Å². The summed E-state index contributed by atoms with van der Waals surface area (Å²) in [6.45, 7) is 7.70. The van der Waals surface area contributed by atoms with Crippen LogP contribution in [0.15, 0.2) is 0 Å². The zero-order chi connectivity index (χ0) is 15.8. The van der Waals surface area contributed by atoms with E-state index in [-0.39, 0.29) is 0 Å². The van der Waals surface area contributed by atoms with E-state index in [1.807, 2.05) is 0 Å². The van der Waals surface area contributed by atoms with Crippen LogP contribution in [0, 0.1) is 0 Å². The molecule has 122 valence electrons. The quantitative estimate of drug-likeness (QED) is 0.566. The third-order valence-electron chi connectivity index (χ3n) is 4.04. The maximum Gasteiger partial charge on any atom is 0.134 e. The third kappa shape index (κ3) is 8.90. The van der Waals surface area contributed by atoms with Crippen molar-refractivity contribution in [2.24, 2.45) is 0 Å². The van der Waals surface area contributed by atoms with Crippen LogP contribution in [0.3, 0.4) is 0 Å². The highest BCUT2D eigenvalue weighted by Crippen LogP contribution is 2.10. The summed E-state index contributed by atoms with van der Waals surface area (Å²) in [5.41, 5.74) is 0. The highest BCUT2D eigenvalue weighted by Gasteiger charge is 2.30. The first kappa shape index (κ1) is 19.8. The summed E-state index contributed by atoms with van der Waals surface area (Å²) in [4.78, 5) is 0. The predicted molar refractivity (Wildman–Crippen MR) is 85.5 cm³/mol. The maximum absolute atomic E-state index is 10.3. The Morgan fingerprint density at radius 2 is 1.00 bits per heavy atom. The summed E-state index contributed by atoms with van der Waals surface area (Å²) in [7, 11) is 8.51. The molecule has 0 aliphatic carbocycles. The van der Waals surface area contributed by atoms with Gasteiger partial charge in [-0.05, 0) is 12.8 Å². The number of nitrogens with zero attached hydrogens (tertiary/aromatic N) is 2. The molecule has 0 rings (SSSR count). The molecule has 0 heterocycles. The van der Waals surface area contributed by atoms with Gasteiger partial charge in [0.15, 0.2) is 0 Å². The van der Waals surface area contributed by atoms with Crippen molar-refractivity contribution in [3.05, 3.63) is 0 Å². The molecule has 0 bridgehead atoms. The molecular weight excluding hydrogens is 252 g/mol. The van der Waals surface area contributed by atoms with Crippen LogP contribution in [0.4, 0.5) is 0 Å². The van der Waals surface area contributed by atoms with E-state index in [4.69, 9.17) is 0 Å². The Morgan fingerprint density at radius 1 is 0.700 bits per heavy atom. The van der Waals surface area contributed by atoms with Crippen molar-refractivity contribution in [3.8, 4) is 0 Å². The normalized spacial score (nSPS) is 16.2. The molecule has 0 fully saturated rings. The van der Waals surface area contributed by atoms with E-state index < -0.39 is 12.2 Å². The van der Waals surface area contributed by atoms with Gasteiger partial charge in [0.1, 0.15) is 25.3 Å². The van der Waals surface area contributed by atoms with E-state index in [0.29, 0.717) is 13.1 Å². The van der Waals surface area contributed by atoms with E-state index in [9.17, 15) is 10.2 Å². The fourth-order valence-corrected chi connectivity index (χ4v) is 2.61. The predicted octanol–water partition coefficient (Wildman–Crippen LogP) is 1.46. The van der Waals surface area contributed by atoms with Gasteiger partial charge in [-0.3, -0.25) is 0 Å². The first-order valence-electron chi connectivity index (χ1n) is 8.13. The summed E-state index contributed by atoms with van der Waals surface area (Å²) >= 11 is 0. The van der Waals surface area contributed by atoms with Crippen LogP contribution < -0.4 is 0 Å². The first-order valence-corrected chi connectivity index (χ1v) is 8.13. The summed E-state index contributed by atoms with van der Waals surface area (Å²) in [5.74, 6) is 0. The molecule has 0 amide bonds. The largest absolute Gasteiger partial charge is 0.384 e. The van der Waals surface area contributed by atoms with Crippen LogP contribution in [0.1, 0.15) is 39.5 Å². The summed E-state index contributed by atoms with van der Waals surface area (Å²) in [6.07, 6.45) is 3.38. The molecule has 0 saturated carbocycles. The molecule has 0 aliphatic rings. The minimum Gasteiger partial charge on any atom is -0.384 e. The molecule has 0 aliphatic heterocycles. The Morgan fingerprint density at radius 3 is 1.25 bits per heavy atom. The molecule has 4 heteroatoms. The molecule has 0 radical (unpaired) electrons. The van der Waals surface area contributed by atoms with Crippen LogP contribution in [-0.4, -0.2) is 85.8 Å². The standard InChI is InChI=1S/C16H38N2O2/c1-7-9-11-17(3,4)13-15(19)16(20)14-18(5,6)12-10-8-2/h15-16,19-20H,7-14H2,1-6H3/q+2. The summed E-state index contributed by atoms with van der Waals surface area (Å²) in [6, 6.07) is 0. The Balaban J connectivity index is 4.29. The number of aliphatic hydroxyl groups is 2. The molecule has 2 atom stereocenters. The molecule has 4 nitrogen and oxygen atoms in total. The second-order valence-electron chi connectivity index (χ2n) is 7.53. The van der Waals surface area contributed by atoms with Crippen molar-refractivity contribution in [2.45, 2.75) is 51.7 Å². The van der Waals surface area contributed by atoms with Gasteiger partial charge in [-0.1, -0.05) is 26.7 Å². The van der Waals surface area contributed by atoms with Crippen molar-refractivity contribution in [3.63, 3.8) is 0 Å². The average molecular weight is 290 g/mol. The zero-order valence-corrected chi connectivity index (χ0v) is 14.6. The van der Waals surface area contributed by atoms with Crippen LogP contribution in [0.2, 0.25) is 0 Å². The number of rotatable bonds is 11. The van der Waals surface area contributed by atoms with Gasteiger partial charge in [0, 0.05) is 0 Å². The van der Waals surface area contributed by atoms with Crippen LogP contribution in [-0.2, 0) is 0 Å². The number of quaternary nitrogens is 2. The fourth-order valence-electron chi connectivity index (χ4n) is 2.61. The number of aliphatic hydroxyl groups excluding tert-OH is 2. The topological polar surface area (TPSA) is 40.5 Å². The average Bonchev–Trinajstić information content (AvgIpc) is 2.33. The monoisotopic (exact) mass is 290 g/mol. The van der Waals surface area contributed by atoms with E-state index in [2.05, 4.69) is 42.0 Å². The maximum atomic E-state index is 10.3. The lowest BCUT2D eigenvalue weighted by atomic mass is 10.1. The Kier molecular flexibility index (Phi) is 8.91. The highest BCUT2D eigenvalue weighted by molar-refractivity contribution is 4.66. The van der Waals surface area contributed by atoms with Crippen LogP contribution in [0.5, 0.6) is 0 Å².